The number of fused-ring (bicyclic) bond motifs is 1. The number of carbonyl (C=O) groups is 2. The predicted molar refractivity (Wildman–Crippen MR) is 88.6 cm³/mol. The van der Waals surface area contributed by atoms with Crippen LogP contribution < -0.4 is 9.64 Å². The maximum absolute atomic E-state index is 12.3. The molecule has 1 amide bonds. The Balaban J connectivity index is 1.91. The Bertz CT molecular complexity index is 758. The molecule has 0 unspecified atom stereocenters. The number of benzene rings is 2. The summed E-state index contributed by atoms with van der Waals surface area (Å²) in [5, 5.41) is 0. The largest absolute Gasteiger partial charge is 0.483 e. The van der Waals surface area contributed by atoms with Crippen LogP contribution >= 0.6 is 15.9 Å². The van der Waals surface area contributed by atoms with Crippen LogP contribution in [-0.2, 0) is 16.1 Å². The monoisotopic (exact) mass is 375 g/mol. The highest BCUT2D eigenvalue weighted by Gasteiger charge is 2.23. The summed E-state index contributed by atoms with van der Waals surface area (Å²) in [5.74, 6) is 0.162. The molecule has 0 aromatic heterocycles. The molecule has 0 aliphatic carbocycles. The van der Waals surface area contributed by atoms with Gasteiger partial charge < -0.3 is 14.4 Å². The number of carbonyl (C=O) groups excluding carboxylic acids is 2. The second-order valence-corrected chi connectivity index (χ2v) is 5.97. The summed E-state index contributed by atoms with van der Waals surface area (Å²) >= 11 is 3.43. The third-order valence-electron chi connectivity index (χ3n) is 3.60. The number of halogens is 1. The van der Waals surface area contributed by atoms with E-state index in [2.05, 4.69) is 20.7 Å². The molecule has 0 spiro atoms. The van der Waals surface area contributed by atoms with Crippen LogP contribution in [-0.4, -0.2) is 25.6 Å². The van der Waals surface area contributed by atoms with E-state index in [1.807, 2.05) is 18.2 Å². The molecule has 1 aliphatic rings. The quantitative estimate of drug-likeness (QED) is 0.756. The Morgan fingerprint density at radius 3 is 2.65 bits per heavy atom. The first-order valence-electron chi connectivity index (χ1n) is 6.98. The van der Waals surface area contributed by atoms with Crippen LogP contribution in [0.15, 0.2) is 46.9 Å². The first-order chi connectivity index (χ1) is 11.1. The van der Waals surface area contributed by atoms with Gasteiger partial charge in [0.2, 0.25) is 0 Å². The summed E-state index contributed by atoms with van der Waals surface area (Å²) in [7, 11) is 1.33. The molecule has 0 saturated heterocycles. The minimum Gasteiger partial charge on any atom is -0.483 e. The molecule has 0 N–H and O–H groups in total. The Hall–Kier alpha value is -2.34. The number of rotatable bonds is 2. The third kappa shape index (κ3) is 3.22. The van der Waals surface area contributed by atoms with Crippen LogP contribution in [0.25, 0.3) is 0 Å². The molecular weight excluding hydrogens is 362 g/mol. The Morgan fingerprint density at radius 1 is 1.22 bits per heavy atom. The first kappa shape index (κ1) is 15.6. The highest BCUT2D eigenvalue weighted by atomic mass is 79.9. The molecule has 1 aliphatic heterocycles. The number of hydrogen-bond donors (Lipinski definition) is 0. The van der Waals surface area contributed by atoms with Crippen LogP contribution in [0.4, 0.5) is 5.69 Å². The summed E-state index contributed by atoms with van der Waals surface area (Å²) in [6, 6.07) is 12.4. The molecule has 23 heavy (non-hydrogen) atoms. The average molecular weight is 376 g/mol. The topological polar surface area (TPSA) is 55.8 Å². The Kier molecular flexibility index (Phi) is 4.34. The zero-order valence-electron chi connectivity index (χ0n) is 12.4. The lowest BCUT2D eigenvalue weighted by atomic mass is 10.1. The van der Waals surface area contributed by atoms with Crippen molar-refractivity contribution in [3.05, 3.63) is 58.1 Å². The van der Waals surface area contributed by atoms with Crippen LogP contribution in [0.3, 0.4) is 0 Å². The van der Waals surface area contributed by atoms with Crippen LogP contribution in [0.1, 0.15) is 15.9 Å². The van der Waals surface area contributed by atoms with E-state index in [1.165, 1.54) is 7.11 Å². The van der Waals surface area contributed by atoms with Gasteiger partial charge in [-0.1, -0.05) is 15.9 Å². The number of anilines is 1. The van der Waals surface area contributed by atoms with Gasteiger partial charge in [-0.05, 0) is 42.5 Å². The molecule has 0 fully saturated rings. The first-order valence-corrected chi connectivity index (χ1v) is 7.78. The zero-order chi connectivity index (χ0) is 16.4. The molecule has 2 aromatic carbocycles. The van der Waals surface area contributed by atoms with Crippen molar-refractivity contribution in [2.75, 3.05) is 18.6 Å². The van der Waals surface area contributed by atoms with E-state index < -0.39 is 5.97 Å². The lowest BCUT2D eigenvalue weighted by Crippen LogP contribution is -2.32. The molecule has 3 rings (SSSR count). The fourth-order valence-corrected chi connectivity index (χ4v) is 2.83. The average Bonchev–Trinajstić information content (AvgIpc) is 2.73. The standard InChI is InChI=1S/C17H14BrNO4/c1-22-17(21)11-2-5-14(6-3-11)19-9-12-8-13(18)4-7-15(12)23-10-16(19)20/h2-8H,9-10H2,1H3. The van der Waals surface area contributed by atoms with Crippen LogP contribution in [0, 0.1) is 0 Å². The van der Waals surface area contributed by atoms with Crippen molar-refractivity contribution < 1.29 is 19.1 Å². The maximum atomic E-state index is 12.3. The normalized spacial score (nSPS) is 13.8. The Morgan fingerprint density at radius 2 is 1.96 bits per heavy atom. The number of methoxy groups -OCH3 is 1. The van der Waals surface area contributed by atoms with E-state index in [0.29, 0.717) is 23.5 Å². The third-order valence-corrected chi connectivity index (χ3v) is 4.10. The highest BCUT2D eigenvalue weighted by Crippen LogP contribution is 2.29. The number of hydrogen-bond acceptors (Lipinski definition) is 4. The molecule has 6 heteroatoms. The van der Waals surface area contributed by atoms with Gasteiger partial charge in [0.15, 0.2) is 6.61 Å². The minimum absolute atomic E-state index is 0.0205. The van der Waals surface area contributed by atoms with Crippen molar-refractivity contribution >= 4 is 33.5 Å². The van der Waals surface area contributed by atoms with Crippen molar-refractivity contribution in [3.8, 4) is 5.75 Å². The van der Waals surface area contributed by atoms with Gasteiger partial charge in [-0.3, -0.25) is 4.79 Å². The summed E-state index contributed by atoms with van der Waals surface area (Å²) < 4.78 is 11.2. The molecule has 5 nitrogen and oxygen atoms in total. The molecule has 1 heterocycles. The molecule has 118 valence electrons. The van der Waals surface area contributed by atoms with E-state index in [4.69, 9.17) is 4.74 Å². The molecular formula is C17H14BrNO4. The molecule has 0 atom stereocenters. The molecule has 2 aromatic rings. The number of nitrogens with zero attached hydrogens (tertiary/aromatic N) is 1. The van der Waals surface area contributed by atoms with E-state index in [1.54, 1.807) is 29.2 Å². The van der Waals surface area contributed by atoms with Gasteiger partial charge in [0.1, 0.15) is 5.75 Å². The lowest BCUT2D eigenvalue weighted by Gasteiger charge is -2.20. The number of amides is 1. The van der Waals surface area contributed by atoms with Gasteiger partial charge in [-0.15, -0.1) is 0 Å². The van der Waals surface area contributed by atoms with Gasteiger partial charge in [-0.25, -0.2) is 4.79 Å². The van der Waals surface area contributed by atoms with E-state index in [-0.39, 0.29) is 12.5 Å². The van der Waals surface area contributed by atoms with Crippen LogP contribution in [0.2, 0.25) is 0 Å². The lowest BCUT2D eigenvalue weighted by molar-refractivity contribution is -0.120. The second-order valence-electron chi connectivity index (χ2n) is 5.06. The van der Waals surface area contributed by atoms with E-state index in [0.717, 1.165) is 10.0 Å². The molecule has 0 bridgehead atoms. The summed E-state index contributed by atoms with van der Waals surface area (Å²) in [5.41, 5.74) is 2.07. The van der Waals surface area contributed by atoms with Crippen molar-refractivity contribution in [2.45, 2.75) is 6.54 Å². The summed E-state index contributed by atoms with van der Waals surface area (Å²) in [6.45, 7) is 0.387. The Labute approximate surface area is 141 Å². The fraction of sp³-hybridized carbons (Fsp3) is 0.176. The fourth-order valence-electron chi connectivity index (χ4n) is 2.42. The second kappa shape index (κ2) is 6.42. The molecule has 0 radical (unpaired) electrons. The predicted octanol–water partition coefficient (Wildman–Crippen LogP) is 3.16. The van der Waals surface area contributed by atoms with Crippen LogP contribution in [0.5, 0.6) is 5.75 Å². The van der Waals surface area contributed by atoms with E-state index in [9.17, 15) is 9.59 Å². The smallest absolute Gasteiger partial charge is 0.337 e. The van der Waals surface area contributed by atoms with Crippen molar-refractivity contribution in [1.82, 2.24) is 0 Å². The van der Waals surface area contributed by atoms with Gasteiger partial charge in [-0.2, -0.15) is 0 Å². The highest BCUT2D eigenvalue weighted by molar-refractivity contribution is 9.10. The minimum atomic E-state index is -0.406. The summed E-state index contributed by atoms with van der Waals surface area (Å²) in [6.07, 6.45) is 0. The zero-order valence-corrected chi connectivity index (χ0v) is 14.0. The van der Waals surface area contributed by atoms with Crippen molar-refractivity contribution in [2.24, 2.45) is 0 Å². The number of esters is 1. The summed E-state index contributed by atoms with van der Waals surface area (Å²) in [4.78, 5) is 25.5. The molecule has 0 saturated carbocycles. The van der Waals surface area contributed by atoms with Gasteiger partial charge >= 0.3 is 5.97 Å². The van der Waals surface area contributed by atoms with Gasteiger partial charge in [0, 0.05) is 15.7 Å². The number of ether oxygens (including phenoxy) is 2. The van der Waals surface area contributed by atoms with Gasteiger partial charge in [0.25, 0.3) is 5.91 Å². The van der Waals surface area contributed by atoms with Crippen molar-refractivity contribution in [1.29, 1.82) is 0 Å². The maximum Gasteiger partial charge on any atom is 0.337 e. The van der Waals surface area contributed by atoms with Gasteiger partial charge in [0.05, 0.1) is 19.2 Å². The SMILES string of the molecule is COC(=O)c1ccc(N2Cc3cc(Br)ccc3OCC2=O)cc1. The van der Waals surface area contributed by atoms with E-state index >= 15 is 0 Å². The van der Waals surface area contributed by atoms with Crippen molar-refractivity contribution in [3.63, 3.8) is 0 Å².